The highest BCUT2D eigenvalue weighted by molar-refractivity contribution is 5.69. The van der Waals surface area contributed by atoms with Crippen molar-refractivity contribution in [2.24, 2.45) is 0 Å². The molecule has 42 heavy (non-hydrogen) atoms. The van der Waals surface area contributed by atoms with Crippen molar-refractivity contribution in [3.8, 4) is 0 Å². The summed E-state index contributed by atoms with van der Waals surface area (Å²) in [5.41, 5.74) is 0. The molecule has 4 atom stereocenters. The van der Waals surface area contributed by atoms with E-state index in [4.69, 9.17) is 33.5 Å². The van der Waals surface area contributed by atoms with Crippen molar-refractivity contribution < 1.29 is 48.5 Å². The lowest BCUT2D eigenvalue weighted by atomic mass is 10.1. The second kappa shape index (κ2) is 28.6. The number of hydrogen-bond acceptors (Lipinski definition) is 10. The highest BCUT2D eigenvalue weighted by Crippen LogP contribution is 2.25. The van der Waals surface area contributed by atoms with Crippen molar-refractivity contribution in [1.29, 1.82) is 0 Å². The number of aliphatic hydroxyl groups is 3. The van der Waals surface area contributed by atoms with Gasteiger partial charge in [-0.3, -0.25) is 4.79 Å². The van der Waals surface area contributed by atoms with E-state index in [1.54, 1.807) is 0 Å². The number of unbranched alkanes of at least 4 members (excludes halogenated alkanes) is 11. The lowest BCUT2D eigenvalue weighted by Crippen LogP contribution is -2.45. The molecule has 0 aliphatic carbocycles. The van der Waals surface area contributed by atoms with Gasteiger partial charge in [0.1, 0.15) is 31.0 Å². The molecule has 0 bridgehead atoms. The number of allylic oxidation sites excluding steroid dienone is 2. The summed E-state index contributed by atoms with van der Waals surface area (Å²) in [6.45, 7) is 2.87. The summed E-state index contributed by atoms with van der Waals surface area (Å²) in [4.78, 5) is 12.1. The van der Waals surface area contributed by atoms with Gasteiger partial charge in [0.25, 0.3) is 0 Å². The van der Waals surface area contributed by atoms with Gasteiger partial charge < -0.3 is 43.7 Å². The van der Waals surface area contributed by atoms with Gasteiger partial charge in [-0.05, 0) is 32.1 Å². The van der Waals surface area contributed by atoms with Gasteiger partial charge in [0.05, 0.1) is 59.5 Å². The summed E-state index contributed by atoms with van der Waals surface area (Å²) in [5.74, 6) is -0.218. The number of ether oxygens (including phenoxy) is 6. The molecule has 1 saturated heterocycles. The maximum atomic E-state index is 12.1. The van der Waals surface area contributed by atoms with Crippen LogP contribution in [0.2, 0.25) is 0 Å². The Morgan fingerprint density at radius 3 is 2.07 bits per heavy atom. The molecule has 0 unspecified atom stereocenters. The van der Waals surface area contributed by atoms with E-state index in [9.17, 15) is 15.0 Å². The molecule has 10 nitrogen and oxygen atoms in total. The third-order valence-electron chi connectivity index (χ3n) is 7.17. The zero-order valence-electron chi connectivity index (χ0n) is 26.1. The summed E-state index contributed by atoms with van der Waals surface area (Å²) in [5, 5.41) is 27.5. The summed E-state index contributed by atoms with van der Waals surface area (Å²) in [6, 6.07) is 0. The minimum Gasteiger partial charge on any atom is -0.463 e. The van der Waals surface area contributed by atoms with Crippen LogP contribution in [0.5, 0.6) is 0 Å². The monoisotopic (exact) mass is 604 g/mol. The molecule has 1 rings (SSSR count). The van der Waals surface area contributed by atoms with E-state index in [0.717, 1.165) is 25.7 Å². The molecule has 0 aromatic carbocycles. The first-order valence-electron chi connectivity index (χ1n) is 16.3. The Balaban J connectivity index is 2.13. The quantitative estimate of drug-likeness (QED) is 0.0625. The zero-order chi connectivity index (χ0) is 30.5. The van der Waals surface area contributed by atoms with Crippen molar-refractivity contribution in [2.75, 3.05) is 66.1 Å². The molecule has 3 N–H and O–H groups in total. The fourth-order valence-corrected chi connectivity index (χ4v) is 4.93. The Labute approximate surface area is 254 Å². The molecule has 10 heteroatoms. The van der Waals surface area contributed by atoms with Gasteiger partial charge in [-0.1, -0.05) is 70.4 Å². The number of aliphatic hydroxyl groups excluding tert-OH is 3. The lowest BCUT2D eigenvalue weighted by Gasteiger charge is -2.29. The van der Waals surface area contributed by atoms with Crippen LogP contribution in [0.3, 0.4) is 0 Å². The van der Waals surface area contributed by atoms with Crippen LogP contribution in [0.15, 0.2) is 12.2 Å². The van der Waals surface area contributed by atoms with Crippen molar-refractivity contribution in [3.63, 3.8) is 0 Å². The smallest absolute Gasteiger partial charge is 0.305 e. The number of hydrogen-bond donors (Lipinski definition) is 3. The van der Waals surface area contributed by atoms with Crippen molar-refractivity contribution in [1.82, 2.24) is 0 Å². The molecule has 248 valence electrons. The molecule has 1 heterocycles. The topological polar surface area (TPSA) is 133 Å². The van der Waals surface area contributed by atoms with Crippen LogP contribution in [0.25, 0.3) is 0 Å². The van der Waals surface area contributed by atoms with E-state index in [2.05, 4.69) is 19.1 Å². The molecular weight excluding hydrogens is 544 g/mol. The summed E-state index contributed by atoms with van der Waals surface area (Å²) in [6.07, 6.45) is 18.8. The van der Waals surface area contributed by atoms with Crippen LogP contribution in [0, 0.1) is 0 Å². The van der Waals surface area contributed by atoms with E-state index in [-0.39, 0.29) is 72.0 Å². The highest BCUT2D eigenvalue weighted by atomic mass is 16.6. The van der Waals surface area contributed by atoms with Crippen molar-refractivity contribution in [2.45, 2.75) is 121 Å². The third kappa shape index (κ3) is 20.0. The standard InChI is InChI=1S/C32H60O10/c1-2-3-4-5-6-7-8-9-10-11-12-13-14-15-16-17-30(36)40-25-24-37-26-28(38-21-18-33)32-31(41-23-20-35)29(27-42-32)39-22-19-34/h9-10,28-29,31-35H,2-8,11-27H2,1H3/b10-9-/t28-,29-,31-,32-/m1/s1. The second-order valence-corrected chi connectivity index (χ2v) is 10.8. The molecule has 0 aromatic rings. The average Bonchev–Trinajstić information content (AvgIpc) is 3.40. The average molecular weight is 605 g/mol. The van der Waals surface area contributed by atoms with Gasteiger partial charge in [0, 0.05) is 6.42 Å². The van der Waals surface area contributed by atoms with Gasteiger partial charge in [-0.15, -0.1) is 0 Å². The Hall–Kier alpha value is -1.11. The summed E-state index contributed by atoms with van der Waals surface area (Å²) < 4.78 is 34.0. The first-order valence-corrected chi connectivity index (χ1v) is 16.3. The molecule has 1 aliphatic rings. The number of rotatable bonds is 30. The molecule has 0 spiro atoms. The van der Waals surface area contributed by atoms with Crippen LogP contribution in [0.1, 0.15) is 96.8 Å². The zero-order valence-corrected chi connectivity index (χ0v) is 26.1. The number of carbonyl (C=O) groups excluding carboxylic acids is 1. The molecule has 0 saturated carbocycles. The first-order chi connectivity index (χ1) is 20.7. The van der Waals surface area contributed by atoms with E-state index in [1.807, 2.05) is 0 Å². The Morgan fingerprint density at radius 1 is 0.786 bits per heavy atom. The summed E-state index contributed by atoms with van der Waals surface area (Å²) >= 11 is 0. The van der Waals surface area contributed by atoms with Crippen LogP contribution in [0.4, 0.5) is 0 Å². The Morgan fingerprint density at radius 2 is 1.40 bits per heavy atom. The minimum atomic E-state index is -0.560. The first kappa shape index (κ1) is 38.9. The molecule has 0 aromatic heterocycles. The Kier molecular flexibility index (Phi) is 26.5. The fourth-order valence-electron chi connectivity index (χ4n) is 4.93. The molecular formula is C32H60O10. The SMILES string of the molecule is CCCCCCCC/C=C\CCCCCCCC(=O)OCCOC[C@@H](OCCO)[C@H]1OC[C@@H](OCCO)[C@H]1OCCO. The second-order valence-electron chi connectivity index (χ2n) is 10.8. The van der Waals surface area contributed by atoms with E-state index >= 15 is 0 Å². The van der Waals surface area contributed by atoms with Crippen LogP contribution in [-0.4, -0.2) is 112 Å². The van der Waals surface area contributed by atoms with Gasteiger partial charge in [-0.2, -0.15) is 0 Å². The molecule has 1 aliphatic heterocycles. The van der Waals surface area contributed by atoms with Crippen molar-refractivity contribution in [3.05, 3.63) is 12.2 Å². The predicted molar refractivity (Wildman–Crippen MR) is 161 cm³/mol. The van der Waals surface area contributed by atoms with Gasteiger partial charge in [0.15, 0.2) is 0 Å². The van der Waals surface area contributed by atoms with Crippen LogP contribution in [-0.2, 0) is 33.2 Å². The van der Waals surface area contributed by atoms with E-state index in [0.29, 0.717) is 6.42 Å². The third-order valence-corrected chi connectivity index (χ3v) is 7.17. The van der Waals surface area contributed by atoms with E-state index < -0.39 is 24.4 Å². The molecule has 1 fully saturated rings. The number of esters is 1. The van der Waals surface area contributed by atoms with Gasteiger partial charge >= 0.3 is 5.97 Å². The fraction of sp³-hybridized carbons (Fsp3) is 0.906. The maximum absolute atomic E-state index is 12.1. The highest BCUT2D eigenvalue weighted by Gasteiger charge is 2.44. The maximum Gasteiger partial charge on any atom is 0.305 e. The van der Waals surface area contributed by atoms with Gasteiger partial charge in [0.2, 0.25) is 0 Å². The predicted octanol–water partition coefficient (Wildman–Crippen LogP) is 4.12. The van der Waals surface area contributed by atoms with Crippen molar-refractivity contribution >= 4 is 5.97 Å². The largest absolute Gasteiger partial charge is 0.463 e. The Bertz CT molecular complexity index is 632. The lowest BCUT2D eigenvalue weighted by molar-refractivity contribution is -0.149. The van der Waals surface area contributed by atoms with Crippen LogP contribution < -0.4 is 0 Å². The van der Waals surface area contributed by atoms with Gasteiger partial charge in [-0.25, -0.2) is 0 Å². The summed E-state index contributed by atoms with van der Waals surface area (Å²) in [7, 11) is 0. The number of carbonyl (C=O) groups is 1. The normalized spacial score (nSPS) is 19.6. The van der Waals surface area contributed by atoms with Crippen LogP contribution >= 0.6 is 0 Å². The molecule has 0 radical (unpaired) electrons. The van der Waals surface area contributed by atoms with E-state index in [1.165, 1.54) is 57.8 Å². The molecule has 0 amide bonds. The minimum absolute atomic E-state index is 0.0910.